The van der Waals surface area contributed by atoms with Crippen LogP contribution < -0.4 is 5.32 Å². The molecule has 0 aliphatic carbocycles. The van der Waals surface area contributed by atoms with E-state index in [0.717, 1.165) is 16.5 Å². The Kier molecular flexibility index (Phi) is 2.72. The summed E-state index contributed by atoms with van der Waals surface area (Å²) in [6, 6.07) is 7.09. The fraction of sp³-hybridized carbons (Fsp3) is 0.167. The summed E-state index contributed by atoms with van der Waals surface area (Å²) in [4.78, 5) is 14.8. The molecule has 0 bridgehead atoms. The van der Waals surface area contributed by atoms with E-state index in [2.05, 4.69) is 10.3 Å². The summed E-state index contributed by atoms with van der Waals surface area (Å²) in [5.41, 5.74) is 0.744. The van der Waals surface area contributed by atoms with Crippen LogP contribution in [0.4, 0.5) is 5.69 Å². The van der Waals surface area contributed by atoms with Crippen molar-refractivity contribution in [3.63, 3.8) is 0 Å². The van der Waals surface area contributed by atoms with Crippen molar-refractivity contribution >= 4 is 22.4 Å². The fourth-order valence-electron chi connectivity index (χ4n) is 1.53. The third kappa shape index (κ3) is 1.95. The van der Waals surface area contributed by atoms with Crippen molar-refractivity contribution in [1.29, 1.82) is 0 Å². The van der Waals surface area contributed by atoms with Crippen molar-refractivity contribution in [2.45, 2.75) is 13.0 Å². The van der Waals surface area contributed by atoms with Gasteiger partial charge in [-0.05, 0) is 6.92 Å². The van der Waals surface area contributed by atoms with E-state index in [1.54, 1.807) is 19.3 Å². The lowest BCUT2D eigenvalue weighted by atomic mass is 10.1. The minimum atomic E-state index is -0.882. The van der Waals surface area contributed by atoms with Gasteiger partial charge in [-0.1, -0.05) is 24.3 Å². The first-order valence-electron chi connectivity index (χ1n) is 5.00. The van der Waals surface area contributed by atoms with E-state index in [-0.39, 0.29) is 0 Å². The number of anilines is 1. The molecular weight excluding hydrogens is 204 g/mol. The van der Waals surface area contributed by atoms with Crippen LogP contribution in [0.25, 0.3) is 10.8 Å². The van der Waals surface area contributed by atoms with Gasteiger partial charge in [-0.15, -0.1) is 0 Å². The van der Waals surface area contributed by atoms with Gasteiger partial charge in [0.05, 0.1) is 11.9 Å². The van der Waals surface area contributed by atoms with Crippen molar-refractivity contribution < 1.29 is 9.90 Å². The van der Waals surface area contributed by atoms with E-state index in [9.17, 15) is 4.79 Å². The SMILES string of the molecule is C[C@H](Nc1cncc2ccccc12)C(=O)O. The van der Waals surface area contributed by atoms with E-state index in [1.807, 2.05) is 24.3 Å². The number of fused-ring (bicyclic) bond motifs is 1. The number of carboxylic acids is 1. The number of hydrogen-bond donors (Lipinski definition) is 2. The number of rotatable bonds is 3. The number of benzene rings is 1. The molecule has 16 heavy (non-hydrogen) atoms. The molecule has 2 aromatic rings. The van der Waals surface area contributed by atoms with Crippen LogP contribution in [0, 0.1) is 0 Å². The molecule has 1 aromatic carbocycles. The van der Waals surface area contributed by atoms with E-state index in [4.69, 9.17) is 5.11 Å². The molecule has 2 rings (SSSR count). The maximum atomic E-state index is 10.8. The highest BCUT2D eigenvalue weighted by Crippen LogP contribution is 2.21. The van der Waals surface area contributed by atoms with Crippen LogP contribution in [-0.2, 0) is 4.79 Å². The lowest BCUT2D eigenvalue weighted by molar-refractivity contribution is -0.137. The molecule has 0 aliphatic rings. The summed E-state index contributed by atoms with van der Waals surface area (Å²) >= 11 is 0. The molecule has 0 saturated heterocycles. The normalized spacial score (nSPS) is 12.3. The first-order valence-corrected chi connectivity index (χ1v) is 5.00. The van der Waals surface area contributed by atoms with Gasteiger partial charge in [-0.2, -0.15) is 0 Å². The van der Waals surface area contributed by atoms with Gasteiger partial charge >= 0.3 is 5.97 Å². The van der Waals surface area contributed by atoms with Crippen molar-refractivity contribution in [1.82, 2.24) is 4.98 Å². The Morgan fingerprint density at radius 3 is 2.88 bits per heavy atom. The summed E-state index contributed by atoms with van der Waals surface area (Å²) < 4.78 is 0. The molecule has 4 nitrogen and oxygen atoms in total. The average Bonchev–Trinajstić information content (AvgIpc) is 2.29. The van der Waals surface area contributed by atoms with E-state index in [0.29, 0.717) is 0 Å². The molecular formula is C12H12N2O2. The van der Waals surface area contributed by atoms with Gasteiger partial charge in [0.15, 0.2) is 0 Å². The Labute approximate surface area is 92.9 Å². The standard InChI is InChI=1S/C12H12N2O2/c1-8(12(15)16)14-11-7-13-6-9-4-2-3-5-10(9)11/h2-8,14H,1H3,(H,15,16)/t8-/m0/s1. The average molecular weight is 216 g/mol. The number of aliphatic carboxylic acids is 1. The van der Waals surface area contributed by atoms with E-state index >= 15 is 0 Å². The quantitative estimate of drug-likeness (QED) is 0.824. The van der Waals surface area contributed by atoms with Crippen molar-refractivity contribution in [2.24, 2.45) is 0 Å². The number of carboxylic acid groups (broad SMARTS) is 1. The second kappa shape index (κ2) is 4.18. The molecule has 1 aromatic heterocycles. The zero-order valence-electron chi connectivity index (χ0n) is 8.84. The van der Waals surface area contributed by atoms with Gasteiger partial charge in [0.2, 0.25) is 0 Å². The van der Waals surface area contributed by atoms with Crippen LogP contribution in [-0.4, -0.2) is 22.1 Å². The molecule has 0 fully saturated rings. The molecule has 82 valence electrons. The summed E-state index contributed by atoms with van der Waals surface area (Å²) in [5.74, 6) is -0.882. The number of pyridine rings is 1. The number of aromatic nitrogens is 1. The first-order chi connectivity index (χ1) is 7.68. The number of nitrogens with one attached hydrogen (secondary N) is 1. The van der Waals surface area contributed by atoms with Crippen LogP contribution in [0.2, 0.25) is 0 Å². The molecule has 0 saturated carbocycles. The molecule has 0 radical (unpaired) electrons. The lowest BCUT2D eigenvalue weighted by Gasteiger charge is -2.12. The third-order valence-electron chi connectivity index (χ3n) is 2.41. The van der Waals surface area contributed by atoms with Gasteiger partial charge in [0, 0.05) is 17.0 Å². The highest BCUT2D eigenvalue weighted by Gasteiger charge is 2.11. The summed E-state index contributed by atoms with van der Waals surface area (Å²) in [5, 5.41) is 13.7. The summed E-state index contributed by atoms with van der Waals surface area (Å²) in [6.07, 6.45) is 3.40. The van der Waals surface area contributed by atoms with Crippen LogP contribution in [0.5, 0.6) is 0 Å². The third-order valence-corrected chi connectivity index (χ3v) is 2.41. The predicted molar refractivity (Wildman–Crippen MR) is 62.5 cm³/mol. The Morgan fingerprint density at radius 1 is 1.38 bits per heavy atom. The highest BCUT2D eigenvalue weighted by atomic mass is 16.4. The number of carbonyl (C=O) groups is 1. The molecule has 0 amide bonds. The molecule has 0 unspecified atom stereocenters. The summed E-state index contributed by atoms with van der Waals surface area (Å²) in [7, 11) is 0. The largest absolute Gasteiger partial charge is 0.480 e. The predicted octanol–water partition coefficient (Wildman–Crippen LogP) is 2.12. The van der Waals surface area contributed by atoms with Crippen molar-refractivity contribution in [3.8, 4) is 0 Å². The minimum Gasteiger partial charge on any atom is -0.480 e. The molecule has 1 atom stereocenters. The molecule has 0 aliphatic heterocycles. The van der Waals surface area contributed by atoms with Crippen molar-refractivity contribution in [3.05, 3.63) is 36.7 Å². The smallest absolute Gasteiger partial charge is 0.325 e. The van der Waals surface area contributed by atoms with E-state index in [1.165, 1.54) is 0 Å². The van der Waals surface area contributed by atoms with Gasteiger partial charge < -0.3 is 10.4 Å². The molecule has 4 heteroatoms. The fourth-order valence-corrected chi connectivity index (χ4v) is 1.53. The Morgan fingerprint density at radius 2 is 2.12 bits per heavy atom. The maximum Gasteiger partial charge on any atom is 0.325 e. The van der Waals surface area contributed by atoms with Crippen LogP contribution in [0.15, 0.2) is 36.7 Å². The Bertz CT molecular complexity index is 520. The second-order valence-electron chi connectivity index (χ2n) is 3.61. The highest BCUT2D eigenvalue weighted by molar-refractivity contribution is 5.94. The Balaban J connectivity index is 2.41. The van der Waals surface area contributed by atoms with Crippen LogP contribution >= 0.6 is 0 Å². The van der Waals surface area contributed by atoms with Gasteiger partial charge in [-0.25, -0.2) is 0 Å². The second-order valence-corrected chi connectivity index (χ2v) is 3.61. The van der Waals surface area contributed by atoms with E-state index < -0.39 is 12.0 Å². The zero-order chi connectivity index (χ0) is 11.5. The Hall–Kier alpha value is -2.10. The van der Waals surface area contributed by atoms with Gasteiger partial charge in [0.1, 0.15) is 6.04 Å². The lowest BCUT2D eigenvalue weighted by Crippen LogP contribution is -2.25. The van der Waals surface area contributed by atoms with Gasteiger partial charge in [0.25, 0.3) is 0 Å². The van der Waals surface area contributed by atoms with Crippen molar-refractivity contribution in [2.75, 3.05) is 5.32 Å². The monoisotopic (exact) mass is 216 g/mol. The van der Waals surface area contributed by atoms with Crippen LogP contribution in [0.3, 0.4) is 0 Å². The topological polar surface area (TPSA) is 62.2 Å². The van der Waals surface area contributed by atoms with Gasteiger partial charge in [-0.3, -0.25) is 9.78 Å². The molecule has 2 N–H and O–H groups in total. The maximum absolute atomic E-state index is 10.8. The number of hydrogen-bond acceptors (Lipinski definition) is 3. The minimum absolute atomic E-state index is 0.632. The molecule has 0 spiro atoms. The summed E-state index contributed by atoms with van der Waals surface area (Å²) in [6.45, 7) is 1.60. The first kappa shape index (κ1) is 10.4. The molecule has 1 heterocycles. The zero-order valence-corrected chi connectivity index (χ0v) is 8.84. The van der Waals surface area contributed by atoms with Crippen LogP contribution in [0.1, 0.15) is 6.92 Å². The number of nitrogens with zero attached hydrogens (tertiary/aromatic N) is 1.